The molecule has 3 rings (SSSR count). The van der Waals surface area contributed by atoms with Crippen molar-refractivity contribution in [3.8, 4) is 17.2 Å². The van der Waals surface area contributed by atoms with Crippen molar-refractivity contribution < 1.29 is 9.47 Å². The van der Waals surface area contributed by atoms with Crippen LogP contribution in [0.15, 0.2) is 46.1 Å². The number of H-pyrrole nitrogens is 1. The summed E-state index contributed by atoms with van der Waals surface area (Å²) < 4.78 is 12.8. The van der Waals surface area contributed by atoms with Crippen LogP contribution >= 0.6 is 12.6 Å². The summed E-state index contributed by atoms with van der Waals surface area (Å²) in [5.41, 5.74) is 1.83. The van der Waals surface area contributed by atoms with E-state index in [0.29, 0.717) is 18.0 Å². The summed E-state index contributed by atoms with van der Waals surface area (Å²) in [6.45, 7) is 4.57. The van der Waals surface area contributed by atoms with Gasteiger partial charge < -0.3 is 9.47 Å². The quantitative estimate of drug-likeness (QED) is 0.662. The topological polar surface area (TPSA) is 82.0 Å². The zero-order chi connectivity index (χ0) is 17.8. The average molecular weight is 358 g/mol. The Labute approximate surface area is 150 Å². The van der Waals surface area contributed by atoms with E-state index >= 15 is 0 Å². The molecule has 0 fully saturated rings. The molecular weight excluding hydrogens is 340 g/mol. The van der Waals surface area contributed by atoms with E-state index in [9.17, 15) is 4.79 Å². The minimum Gasteiger partial charge on any atom is -0.493 e. The molecule has 1 N–H and O–H groups in total. The van der Waals surface area contributed by atoms with Crippen LogP contribution in [0.5, 0.6) is 11.5 Å². The lowest BCUT2D eigenvalue weighted by atomic mass is 10.1. The molecule has 0 aliphatic carbocycles. The van der Waals surface area contributed by atoms with Gasteiger partial charge in [-0.25, -0.2) is 9.89 Å². The number of aryl methyl sites for hydroxylation is 1. The molecule has 8 heteroatoms. The summed E-state index contributed by atoms with van der Waals surface area (Å²) in [5, 5.41) is 9.64. The number of nitrogens with zero attached hydrogens (tertiary/aromatic N) is 3. The van der Waals surface area contributed by atoms with E-state index in [4.69, 9.17) is 9.47 Å². The lowest BCUT2D eigenvalue weighted by Crippen LogP contribution is -2.18. The summed E-state index contributed by atoms with van der Waals surface area (Å²) in [4.78, 5) is 12.8. The fourth-order valence-corrected chi connectivity index (χ4v) is 2.76. The average Bonchev–Trinajstić information content (AvgIpc) is 3.01. The van der Waals surface area contributed by atoms with Gasteiger partial charge in [0.1, 0.15) is 18.1 Å². The highest BCUT2D eigenvalue weighted by Crippen LogP contribution is 2.28. The molecule has 0 aliphatic heterocycles. The Hall–Kier alpha value is -2.74. The van der Waals surface area contributed by atoms with Gasteiger partial charge in [-0.3, -0.25) is 0 Å². The molecule has 0 saturated carbocycles. The van der Waals surface area contributed by atoms with E-state index < -0.39 is 5.69 Å². The molecule has 0 radical (unpaired) electrons. The van der Waals surface area contributed by atoms with Crippen LogP contribution in [0.4, 0.5) is 0 Å². The zero-order valence-electron chi connectivity index (χ0n) is 13.9. The van der Waals surface area contributed by atoms with Crippen molar-refractivity contribution in [3.63, 3.8) is 0 Å². The number of nitrogens with one attached hydrogen (secondary N) is 1. The molecule has 0 amide bonds. The molecule has 0 saturated heterocycles. The highest BCUT2D eigenvalue weighted by atomic mass is 32.1. The molecule has 3 aromatic rings. The molecule has 1 heterocycles. The predicted octanol–water partition coefficient (Wildman–Crippen LogP) is 2.53. The monoisotopic (exact) mass is 358 g/mol. The third kappa shape index (κ3) is 3.69. The maximum atomic E-state index is 11.9. The Kier molecular flexibility index (Phi) is 5.08. The second-order valence-corrected chi connectivity index (χ2v) is 5.86. The first-order valence-electron chi connectivity index (χ1n) is 7.78. The van der Waals surface area contributed by atoms with Gasteiger partial charge >= 0.3 is 5.69 Å². The maximum absolute atomic E-state index is 11.9. The molecule has 25 heavy (non-hydrogen) atoms. The van der Waals surface area contributed by atoms with Gasteiger partial charge in [-0.15, -0.1) is 12.6 Å². The van der Waals surface area contributed by atoms with E-state index in [1.165, 1.54) is 4.68 Å². The number of hydrogen-bond acceptors (Lipinski definition) is 6. The van der Waals surface area contributed by atoms with Crippen LogP contribution in [0.25, 0.3) is 5.69 Å². The first-order chi connectivity index (χ1) is 12.1. The maximum Gasteiger partial charge on any atom is 0.365 e. The van der Waals surface area contributed by atoms with Crippen LogP contribution in [-0.4, -0.2) is 26.8 Å². The molecule has 1 aromatic heterocycles. The second-order valence-electron chi connectivity index (χ2n) is 5.34. The van der Waals surface area contributed by atoms with Crippen molar-refractivity contribution in [2.24, 2.45) is 0 Å². The number of aromatic nitrogens is 4. The van der Waals surface area contributed by atoms with Crippen LogP contribution < -0.4 is 15.2 Å². The largest absolute Gasteiger partial charge is 0.493 e. The van der Waals surface area contributed by atoms with E-state index in [0.717, 1.165) is 21.8 Å². The zero-order valence-corrected chi connectivity index (χ0v) is 14.8. The Balaban J connectivity index is 1.98. The number of rotatable bonds is 6. The molecule has 130 valence electrons. The van der Waals surface area contributed by atoms with Gasteiger partial charge in [0.2, 0.25) is 0 Å². The summed E-state index contributed by atoms with van der Waals surface area (Å²) in [6, 6.07) is 11.1. The number of ether oxygens (including phenoxy) is 2. The predicted molar refractivity (Wildman–Crippen MR) is 95.9 cm³/mol. The molecule has 0 spiro atoms. The highest BCUT2D eigenvalue weighted by molar-refractivity contribution is 7.80. The first kappa shape index (κ1) is 17.1. The lowest BCUT2D eigenvalue weighted by Gasteiger charge is -2.16. The summed E-state index contributed by atoms with van der Waals surface area (Å²) in [5.74, 6) is 1.38. The second kappa shape index (κ2) is 7.43. The molecular formula is C17H18N4O3S. The third-order valence-electron chi connectivity index (χ3n) is 3.64. The van der Waals surface area contributed by atoms with Crippen LogP contribution in [0.3, 0.4) is 0 Å². The van der Waals surface area contributed by atoms with Crippen molar-refractivity contribution in [3.05, 3.63) is 58.0 Å². The number of hydrogen-bond donors (Lipinski definition) is 2. The van der Waals surface area contributed by atoms with Gasteiger partial charge in [0.25, 0.3) is 0 Å². The summed E-state index contributed by atoms with van der Waals surface area (Å²) in [7, 11) is 0. The number of tetrazole rings is 1. The van der Waals surface area contributed by atoms with Crippen molar-refractivity contribution in [2.75, 3.05) is 6.61 Å². The number of thiol groups is 1. The highest BCUT2D eigenvalue weighted by Gasteiger charge is 2.15. The van der Waals surface area contributed by atoms with E-state index in [1.54, 1.807) is 12.1 Å². The van der Waals surface area contributed by atoms with Crippen molar-refractivity contribution >= 4 is 12.6 Å². The normalized spacial score (nSPS) is 10.7. The molecule has 2 aromatic carbocycles. The molecule has 0 atom stereocenters. The van der Waals surface area contributed by atoms with Crippen LogP contribution in [0.2, 0.25) is 0 Å². The summed E-state index contributed by atoms with van der Waals surface area (Å²) in [6.07, 6.45) is 0. The minimum absolute atomic E-state index is 0.220. The van der Waals surface area contributed by atoms with Crippen LogP contribution in [0.1, 0.15) is 18.1 Å². The van der Waals surface area contributed by atoms with Gasteiger partial charge in [0.15, 0.2) is 0 Å². The SMILES string of the molecule is CCOc1cccc(-n2nn[nH]c2=O)c1COc1ccc(S)cc1C. The third-order valence-corrected chi connectivity index (χ3v) is 3.92. The number of benzene rings is 2. The lowest BCUT2D eigenvalue weighted by molar-refractivity contribution is 0.284. The first-order valence-corrected chi connectivity index (χ1v) is 8.22. The number of aromatic amines is 1. The van der Waals surface area contributed by atoms with Crippen LogP contribution in [0, 0.1) is 6.92 Å². The molecule has 0 bridgehead atoms. The fourth-order valence-electron chi connectivity index (χ4n) is 2.49. The van der Waals surface area contributed by atoms with Gasteiger partial charge in [-0.1, -0.05) is 6.07 Å². The van der Waals surface area contributed by atoms with Gasteiger partial charge in [0, 0.05) is 4.90 Å². The standard InChI is InChI=1S/C17H18N4O3S/c1-3-23-16-6-4-5-14(21-17(22)18-19-20-21)13(16)10-24-15-8-7-12(25)9-11(15)2/h4-9,25H,3,10H2,1-2H3,(H,18,20,22). The van der Waals surface area contributed by atoms with Gasteiger partial charge in [-0.05, 0) is 60.2 Å². The molecule has 0 aliphatic rings. The summed E-state index contributed by atoms with van der Waals surface area (Å²) >= 11 is 4.32. The molecule has 7 nitrogen and oxygen atoms in total. The van der Waals surface area contributed by atoms with Gasteiger partial charge in [-0.2, -0.15) is 4.68 Å². The smallest absolute Gasteiger partial charge is 0.365 e. The fraction of sp³-hybridized carbons (Fsp3) is 0.235. The Morgan fingerprint density at radius 3 is 2.72 bits per heavy atom. The Bertz CT molecular complexity index is 936. The van der Waals surface area contributed by atoms with Crippen molar-refractivity contribution in [1.29, 1.82) is 0 Å². The van der Waals surface area contributed by atoms with E-state index in [-0.39, 0.29) is 6.61 Å². The minimum atomic E-state index is -0.425. The van der Waals surface area contributed by atoms with Crippen molar-refractivity contribution in [2.45, 2.75) is 25.3 Å². The van der Waals surface area contributed by atoms with Crippen LogP contribution in [-0.2, 0) is 6.61 Å². The van der Waals surface area contributed by atoms with E-state index in [1.807, 2.05) is 38.1 Å². The van der Waals surface area contributed by atoms with Gasteiger partial charge in [0.05, 0.1) is 17.9 Å². The van der Waals surface area contributed by atoms with E-state index in [2.05, 4.69) is 28.2 Å². The Morgan fingerprint density at radius 1 is 1.20 bits per heavy atom. The Morgan fingerprint density at radius 2 is 2.04 bits per heavy atom. The van der Waals surface area contributed by atoms with Crippen molar-refractivity contribution in [1.82, 2.24) is 20.2 Å². The molecule has 0 unspecified atom stereocenters.